The van der Waals surface area contributed by atoms with Crippen molar-refractivity contribution in [1.82, 2.24) is 9.97 Å². The van der Waals surface area contributed by atoms with E-state index in [4.69, 9.17) is 5.73 Å². The summed E-state index contributed by atoms with van der Waals surface area (Å²) in [7, 11) is 0. The summed E-state index contributed by atoms with van der Waals surface area (Å²) in [6.45, 7) is 2.08. The van der Waals surface area contributed by atoms with Gasteiger partial charge in [0.15, 0.2) is 0 Å². The lowest BCUT2D eigenvalue weighted by atomic mass is 10.1. The molecule has 3 N–H and O–H groups in total. The van der Waals surface area contributed by atoms with E-state index in [2.05, 4.69) is 40.6 Å². The van der Waals surface area contributed by atoms with Gasteiger partial charge in [0.05, 0.1) is 6.04 Å². The number of hydrogen-bond donors (Lipinski definition) is 2. The monoisotopic (exact) mass is 328 g/mol. The number of thioether (sulfide) groups is 1. The van der Waals surface area contributed by atoms with Gasteiger partial charge in [-0.15, -0.1) is 11.8 Å². The van der Waals surface area contributed by atoms with Crippen LogP contribution >= 0.6 is 11.8 Å². The summed E-state index contributed by atoms with van der Waals surface area (Å²) in [4.78, 5) is 21.6. The molecule has 1 fully saturated rings. The van der Waals surface area contributed by atoms with Crippen molar-refractivity contribution in [2.75, 3.05) is 11.6 Å². The topological polar surface area (TPSA) is 80.9 Å². The van der Waals surface area contributed by atoms with Crippen molar-refractivity contribution < 1.29 is 4.79 Å². The molecule has 5 nitrogen and oxygen atoms in total. The van der Waals surface area contributed by atoms with Crippen LogP contribution in [-0.2, 0) is 0 Å². The first kappa shape index (κ1) is 15.8. The van der Waals surface area contributed by atoms with E-state index in [1.807, 2.05) is 12.1 Å². The zero-order chi connectivity index (χ0) is 16.4. The van der Waals surface area contributed by atoms with Crippen molar-refractivity contribution in [3.63, 3.8) is 0 Å². The third-order valence-electron chi connectivity index (χ3n) is 3.91. The number of amides is 1. The highest BCUT2D eigenvalue weighted by molar-refractivity contribution is 7.98. The summed E-state index contributed by atoms with van der Waals surface area (Å²) in [5, 5.41) is 3.38. The normalized spacial score (nSPS) is 15.2. The maximum absolute atomic E-state index is 11.5. The van der Waals surface area contributed by atoms with E-state index < -0.39 is 5.91 Å². The summed E-state index contributed by atoms with van der Waals surface area (Å²) in [5.41, 5.74) is 6.87. The van der Waals surface area contributed by atoms with Gasteiger partial charge < -0.3 is 11.1 Å². The molecule has 0 radical (unpaired) electrons. The molecule has 1 aromatic heterocycles. The number of benzene rings is 1. The van der Waals surface area contributed by atoms with Crippen LogP contribution in [0.2, 0.25) is 0 Å². The lowest BCUT2D eigenvalue weighted by Crippen LogP contribution is -2.17. The molecule has 1 aliphatic carbocycles. The summed E-state index contributed by atoms with van der Waals surface area (Å²) in [6, 6.07) is 9.96. The van der Waals surface area contributed by atoms with Gasteiger partial charge in [0.1, 0.15) is 17.3 Å². The van der Waals surface area contributed by atoms with Gasteiger partial charge in [0.25, 0.3) is 5.91 Å². The average molecular weight is 328 g/mol. The molecule has 1 amide bonds. The van der Waals surface area contributed by atoms with Crippen LogP contribution in [0.15, 0.2) is 35.2 Å². The molecule has 0 unspecified atom stereocenters. The molecule has 3 rings (SSSR count). The number of nitrogens with two attached hydrogens (primary N) is 1. The van der Waals surface area contributed by atoms with Gasteiger partial charge in [0, 0.05) is 16.9 Å². The van der Waals surface area contributed by atoms with E-state index in [1.165, 1.54) is 10.5 Å². The predicted octanol–water partition coefficient (Wildman–Crippen LogP) is 3.35. The van der Waals surface area contributed by atoms with E-state index in [0.717, 1.165) is 12.8 Å². The Balaban J connectivity index is 1.88. The zero-order valence-corrected chi connectivity index (χ0v) is 14.1. The third-order valence-corrected chi connectivity index (χ3v) is 4.72. The lowest BCUT2D eigenvalue weighted by molar-refractivity contribution is 0.0995. The second kappa shape index (κ2) is 6.58. The Kier molecular flexibility index (Phi) is 4.52. The van der Waals surface area contributed by atoms with E-state index in [-0.39, 0.29) is 11.7 Å². The molecule has 1 aliphatic rings. The number of nitrogens with zero attached hydrogens (tertiary/aromatic N) is 2. The van der Waals surface area contributed by atoms with Crippen molar-refractivity contribution in [2.45, 2.75) is 36.6 Å². The number of rotatable bonds is 6. The molecule has 1 aromatic carbocycles. The van der Waals surface area contributed by atoms with Gasteiger partial charge in [0.2, 0.25) is 0 Å². The Bertz CT molecular complexity index is 730. The SMILES string of the molecule is CSc1ccccc1[C@H](C)Nc1cc(C(N)=O)nc(C2CC2)n1. The highest BCUT2D eigenvalue weighted by Crippen LogP contribution is 2.38. The zero-order valence-electron chi connectivity index (χ0n) is 13.2. The largest absolute Gasteiger partial charge is 0.364 e. The summed E-state index contributed by atoms with van der Waals surface area (Å²) < 4.78 is 0. The Morgan fingerprint density at radius 2 is 2.09 bits per heavy atom. The number of primary amides is 1. The minimum absolute atomic E-state index is 0.0707. The van der Waals surface area contributed by atoms with Gasteiger partial charge in [-0.3, -0.25) is 4.79 Å². The van der Waals surface area contributed by atoms with Crippen LogP contribution in [-0.4, -0.2) is 22.1 Å². The molecule has 0 bridgehead atoms. The van der Waals surface area contributed by atoms with Crippen molar-refractivity contribution in [1.29, 1.82) is 0 Å². The van der Waals surface area contributed by atoms with Crippen LogP contribution in [0.3, 0.4) is 0 Å². The predicted molar refractivity (Wildman–Crippen MR) is 92.8 cm³/mol. The Morgan fingerprint density at radius 3 is 2.74 bits per heavy atom. The maximum atomic E-state index is 11.5. The average Bonchev–Trinajstić information content (AvgIpc) is 3.39. The fourth-order valence-electron chi connectivity index (χ4n) is 2.51. The van der Waals surface area contributed by atoms with E-state index >= 15 is 0 Å². The van der Waals surface area contributed by atoms with Crippen LogP contribution in [0.1, 0.15) is 53.6 Å². The number of aromatic nitrogens is 2. The van der Waals surface area contributed by atoms with Crippen molar-refractivity contribution in [3.05, 3.63) is 47.4 Å². The van der Waals surface area contributed by atoms with E-state index in [9.17, 15) is 4.79 Å². The molecule has 1 heterocycles. The van der Waals surface area contributed by atoms with Gasteiger partial charge in [-0.1, -0.05) is 18.2 Å². The third kappa shape index (κ3) is 3.64. The Hall–Kier alpha value is -2.08. The van der Waals surface area contributed by atoms with Crippen LogP contribution in [0, 0.1) is 0 Å². The first-order valence-electron chi connectivity index (χ1n) is 7.66. The molecule has 0 saturated heterocycles. The quantitative estimate of drug-likeness (QED) is 0.795. The van der Waals surface area contributed by atoms with E-state index in [0.29, 0.717) is 17.6 Å². The molecule has 1 atom stereocenters. The van der Waals surface area contributed by atoms with E-state index in [1.54, 1.807) is 17.8 Å². The molecule has 0 spiro atoms. The Morgan fingerprint density at radius 1 is 1.35 bits per heavy atom. The van der Waals surface area contributed by atoms with Gasteiger partial charge in [-0.05, 0) is 37.7 Å². The van der Waals surface area contributed by atoms with Crippen LogP contribution < -0.4 is 11.1 Å². The van der Waals surface area contributed by atoms with Crippen LogP contribution in [0.5, 0.6) is 0 Å². The van der Waals surface area contributed by atoms with Gasteiger partial charge in [-0.2, -0.15) is 0 Å². The van der Waals surface area contributed by atoms with Crippen LogP contribution in [0.4, 0.5) is 5.82 Å². The molecular formula is C17H20N4OS. The summed E-state index contributed by atoms with van der Waals surface area (Å²) >= 11 is 1.71. The molecule has 120 valence electrons. The minimum atomic E-state index is -0.519. The van der Waals surface area contributed by atoms with Gasteiger partial charge in [-0.25, -0.2) is 9.97 Å². The lowest BCUT2D eigenvalue weighted by Gasteiger charge is -2.18. The smallest absolute Gasteiger partial charge is 0.267 e. The molecule has 0 aliphatic heterocycles. The highest BCUT2D eigenvalue weighted by atomic mass is 32.2. The summed E-state index contributed by atoms with van der Waals surface area (Å²) in [6.07, 6.45) is 4.21. The molecule has 6 heteroatoms. The van der Waals surface area contributed by atoms with Crippen molar-refractivity contribution >= 4 is 23.5 Å². The molecule has 2 aromatic rings. The first-order chi connectivity index (χ1) is 11.1. The Labute approximate surface area is 140 Å². The summed E-state index contributed by atoms with van der Waals surface area (Å²) in [5.74, 6) is 1.21. The highest BCUT2D eigenvalue weighted by Gasteiger charge is 2.28. The van der Waals surface area contributed by atoms with Crippen LogP contribution in [0.25, 0.3) is 0 Å². The molecular weight excluding hydrogens is 308 g/mol. The second-order valence-corrected chi connectivity index (χ2v) is 6.59. The maximum Gasteiger partial charge on any atom is 0.267 e. The molecule has 23 heavy (non-hydrogen) atoms. The number of anilines is 1. The fraction of sp³-hybridized carbons (Fsp3) is 0.353. The number of nitrogens with one attached hydrogen (secondary N) is 1. The second-order valence-electron chi connectivity index (χ2n) is 5.74. The van der Waals surface area contributed by atoms with Crippen molar-refractivity contribution in [3.8, 4) is 0 Å². The molecule has 1 saturated carbocycles. The standard InChI is InChI=1S/C17H20N4OS/c1-10(12-5-3-4-6-14(12)23-2)19-15-9-13(16(18)22)20-17(21-15)11-7-8-11/h3-6,9-11H,7-8H2,1-2H3,(H2,18,22)(H,19,20,21)/t10-/m0/s1. The van der Waals surface area contributed by atoms with Gasteiger partial charge >= 0.3 is 0 Å². The fourth-order valence-corrected chi connectivity index (χ4v) is 3.21. The minimum Gasteiger partial charge on any atom is -0.364 e. The number of carbonyl (C=O) groups is 1. The number of carbonyl (C=O) groups excluding carboxylic acids is 1. The number of hydrogen-bond acceptors (Lipinski definition) is 5. The van der Waals surface area contributed by atoms with Crippen molar-refractivity contribution in [2.24, 2.45) is 5.73 Å². The first-order valence-corrected chi connectivity index (χ1v) is 8.89.